The van der Waals surface area contributed by atoms with Crippen LogP contribution in [-0.4, -0.2) is 16.5 Å². The molecule has 1 heterocycles. The molecule has 1 aromatic heterocycles. The lowest BCUT2D eigenvalue weighted by molar-refractivity contribution is -0.144. The Morgan fingerprint density at radius 1 is 1.21 bits per heavy atom. The summed E-state index contributed by atoms with van der Waals surface area (Å²) in [5, 5.41) is 2.89. The number of hydrazine groups is 1. The van der Waals surface area contributed by atoms with Gasteiger partial charge in [-0.05, 0) is 5.92 Å². The van der Waals surface area contributed by atoms with Crippen molar-refractivity contribution in [1.82, 2.24) is 9.97 Å². The number of nitrogens with zero attached hydrogens (tertiary/aromatic N) is 2. The Balaban J connectivity index is 2.88. The highest BCUT2D eigenvalue weighted by Crippen LogP contribution is 2.28. The van der Waals surface area contributed by atoms with Gasteiger partial charge in [0.2, 0.25) is 5.82 Å². The van der Waals surface area contributed by atoms with Gasteiger partial charge in [0, 0.05) is 12.6 Å². The average Bonchev–Trinajstić information content (AvgIpc) is 2.38. The first-order valence-corrected chi connectivity index (χ1v) is 6.07. The number of hydrogen-bond donors (Lipinski definition) is 3. The second kappa shape index (κ2) is 6.55. The van der Waals surface area contributed by atoms with E-state index in [4.69, 9.17) is 5.84 Å². The number of anilines is 2. The molecule has 0 amide bonds. The summed E-state index contributed by atoms with van der Waals surface area (Å²) < 4.78 is 37.8. The third kappa shape index (κ3) is 4.55. The fraction of sp³-hybridized carbons (Fsp3) is 0.636. The van der Waals surface area contributed by atoms with Gasteiger partial charge in [-0.25, -0.2) is 15.8 Å². The topological polar surface area (TPSA) is 75.9 Å². The van der Waals surface area contributed by atoms with E-state index in [1.807, 2.05) is 13.8 Å². The second-order valence-corrected chi connectivity index (χ2v) is 4.17. The number of hydrogen-bond acceptors (Lipinski definition) is 5. The third-order valence-corrected chi connectivity index (χ3v) is 2.85. The van der Waals surface area contributed by atoms with E-state index in [1.165, 1.54) is 6.07 Å². The van der Waals surface area contributed by atoms with Crippen molar-refractivity contribution in [2.45, 2.75) is 32.9 Å². The van der Waals surface area contributed by atoms with Crippen molar-refractivity contribution in [3.05, 3.63) is 11.9 Å². The third-order valence-electron chi connectivity index (χ3n) is 2.85. The molecule has 4 N–H and O–H groups in total. The predicted octanol–water partition coefficient (Wildman–Crippen LogP) is 2.63. The van der Waals surface area contributed by atoms with Crippen LogP contribution < -0.4 is 16.6 Å². The number of nitrogen functional groups attached to an aromatic ring is 1. The lowest BCUT2D eigenvalue weighted by Crippen LogP contribution is -2.19. The molecule has 0 unspecified atom stereocenters. The van der Waals surface area contributed by atoms with Gasteiger partial charge in [-0.15, -0.1) is 0 Å². The van der Waals surface area contributed by atoms with Gasteiger partial charge in [-0.1, -0.05) is 26.7 Å². The fourth-order valence-corrected chi connectivity index (χ4v) is 1.56. The maximum absolute atomic E-state index is 12.6. The molecule has 5 nitrogen and oxygen atoms in total. The van der Waals surface area contributed by atoms with Gasteiger partial charge in [0.15, 0.2) is 0 Å². The molecule has 0 aromatic carbocycles. The Morgan fingerprint density at radius 3 is 2.26 bits per heavy atom. The Labute approximate surface area is 109 Å². The zero-order chi connectivity index (χ0) is 14.5. The number of alkyl halides is 3. The van der Waals surface area contributed by atoms with E-state index in [0.29, 0.717) is 12.5 Å². The zero-order valence-corrected chi connectivity index (χ0v) is 10.9. The minimum Gasteiger partial charge on any atom is -0.370 e. The van der Waals surface area contributed by atoms with Crippen molar-refractivity contribution in [3.8, 4) is 0 Å². The van der Waals surface area contributed by atoms with Crippen LogP contribution in [0.2, 0.25) is 0 Å². The molecule has 1 rings (SSSR count). The molecule has 8 heteroatoms. The van der Waals surface area contributed by atoms with Crippen molar-refractivity contribution < 1.29 is 13.2 Å². The van der Waals surface area contributed by atoms with Crippen molar-refractivity contribution in [1.29, 1.82) is 0 Å². The van der Waals surface area contributed by atoms with Gasteiger partial charge >= 0.3 is 6.18 Å². The number of nitrogens with two attached hydrogens (primary N) is 1. The van der Waals surface area contributed by atoms with Crippen LogP contribution >= 0.6 is 0 Å². The summed E-state index contributed by atoms with van der Waals surface area (Å²) in [6.07, 6.45) is -2.70. The van der Waals surface area contributed by atoms with E-state index in [1.54, 1.807) is 0 Å². The van der Waals surface area contributed by atoms with Crippen LogP contribution in [0, 0.1) is 5.92 Å². The standard InChI is InChI=1S/C11H18F3N5/c1-3-7(4-2)6-16-8-5-9(19-15)18-10(17-8)11(12,13)14/h5,7H,3-4,6,15H2,1-2H3,(H2,16,17,18,19). The van der Waals surface area contributed by atoms with Crippen LogP contribution in [0.3, 0.4) is 0 Å². The fourth-order valence-electron chi connectivity index (χ4n) is 1.56. The highest BCUT2D eigenvalue weighted by Gasteiger charge is 2.35. The van der Waals surface area contributed by atoms with Crippen molar-refractivity contribution >= 4 is 11.6 Å². The number of halogens is 3. The van der Waals surface area contributed by atoms with E-state index in [-0.39, 0.29) is 11.6 Å². The van der Waals surface area contributed by atoms with Gasteiger partial charge in [-0.2, -0.15) is 13.2 Å². The Kier molecular flexibility index (Phi) is 5.34. The van der Waals surface area contributed by atoms with Gasteiger partial charge in [0.25, 0.3) is 0 Å². The Hall–Kier alpha value is -1.57. The molecular formula is C11H18F3N5. The molecule has 0 spiro atoms. The maximum atomic E-state index is 12.6. The molecular weight excluding hydrogens is 259 g/mol. The highest BCUT2D eigenvalue weighted by molar-refractivity contribution is 5.47. The summed E-state index contributed by atoms with van der Waals surface area (Å²) in [6, 6.07) is 1.34. The van der Waals surface area contributed by atoms with E-state index >= 15 is 0 Å². The summed E-state index contributed by atoms with van der Waals surface area (Å²) in [5.41, 5.74) is 2.10. The molecule has 0 saturated carbocycles. The maximum Gasteiger partial charge on any atom is 0.451 e. The Bertz CT molecular complexity index is 404. The molecule has 0 bridgehead atoms. The van der Waals surface area contributed by atoms with Crippen LogP contribution in [-0.2, 0) is 6.18 Å². The molecule has 0 atom stereocenters. The van der Waals surface area contributed by atoms with Crippen molar-refractivity contribution in [2.24, 2.45) is 11.8 Å². The normalized spacial score (nSPS) is 11.7. The molecule has 0 radical (unpaired) electrons. The number of rotatable bonds is 6. The van der Waals surface area contributed by atoms with Gasteiger partial charge < -0.3 is 10.7 Å². The summed E-state index contributed by atoms with van der Waals surface area (Å²) in [5.74, 6) is 4.32. The summed E-state index contributed by atoms with van der Waals surface area (Å²) in [6.45, 7) is 4.62. The Morgan fingerprint density at radius 2 is 1.79 bits per heavy atom. The minimum atomic E-state index is -4.60. The predicted molar refractivity (Wildman–Crippen MR) is 67.4 cm³/mol. The first-order chi connectivity index (χ1) is 8.90. The van der Waals surface area contributed by atoms with Crippen LogP contribution in [0.5, 0.6) is 0 Å². The lowest BCUT2D eigenvalue weighted by Gasteiger charge is -2.15. The SMILES string of the molecule is CCC(CC)CNc1cc(NN)nc(C(F)(F)F)n1. The van der Waals surface area contributed by atoms with E-state index < -0.39 is 12.0 Å². The van der Waals surface area contributed by atoms with Crippen LogP contribution in [0.15, 0.2) is 6.07 Å². The van der Waals surface area contributed by atoms with Crippen molar-refractivity contribution in [2.75, 3.05) is 17.3 Å². The highest BCUT2D eigenvalue weighted by atomic mass is 19.4. The number of aromatic nitrogens is 2. The molecule has 108 valence electrons. The van der Waals surface area contributed by atoms with Crippen LogP contribution in [0.4, 0.5) is 24.8 Å². The summed E-state index contributed by atoms with van der Waals surface area (Å²) in [7, 11) is 0. The summed E-state index contributed by atoms with van der Waals surface area (Å²) >= 11 is 0. The molecule has 0 aliphatic heterocycles. The van der Waals surface area contributed by atoms with E-state index in [0.717, 1.165) is 12.8 Å². The monoisotopic (exact) mass is 277 g/mol. The smallest absolute Gasteiger partial charge is 0.370 e. The molecule has 1 aromatic rings. The molecule has 0 saturated heterocycles. The first-order valence-electron chi connectivity index (χ1n) is 6.07. The number of nitrogens with one attached hydrogen (secondary N) is 2. The van der Waals surface area contributed by atoms with Crippen LogP contribution in [0.1, 0.15) is 32.5 Å². The molecule has 19 heavy (non-hydrogen) atoms. The van der Waals surface area contributed by atoms with E-state index in [9.17, 15) is 13.2 Å². The summed E-state index contributed by atoms with van der Waals surface area (Å²) in [4.78, 5) is 6.73. The quantitative estimate of drug-likeness (QED) is 0.550. The first kappa shape index (κ1) is 15.5. The van der Waals surface area contributed by atoms with Gasteiger partial charge in [0.05, 0.1) is 0 Å². The van der Waals surface area contributed by atoms with Crippen molar-refractivity contribution in [3.63, 3.8) is 0 Å². The van der Waals surface area contributed by atoms with Gasteiger partial charge in [0.1, 0.15) is 11.6 Å². The van der Waals surface area contributed by atoms with Crippen LogP contribution in [0.25, 0.3) is 0 Å². The molecule has 0 aliphatic carbocycles. The van der Waals surface area contributed by atoms with Gasteiger partial charge in [-0.3, -0.25) is 0 Å². The minimum absolute atomic E-state index is 0.0747. The second-order valence-electron chi connectivity index (χ2n) is 4.17. The largest absolute Gasteiger partial charge is 0.451 e. The molecule has 0 fully saturated rings. The lowest BCUT2D eigenvalue weighted by atomic mass is 10.0. The molecule has 0 aliphatic rings. The zero-order valence-electron chi connectivity index (χ0n) is 10.9. The average molecular weight is 277 g/mol. The van der Waals surface area contributed by atoms with E-state index in [2.05, 4.69) is 20.7 Å².